The number of carbonyl (C=O) groups excluding carboxylic acids is 1. The van der Waals surface area contributed by atoms with Gasteiger partial charge in [-0.15, -0.1) is 0 Å². The number of nitrogens with zero attached hydrogens (tertiary/aromatic N) is 1. The van der Waals surface area contributed by atoms with Crippen LogP contribution in [0.2, 0.25) is 0 Å². The van der Waals surface area contributed by atoms with Crippen LogP contribution in [0.1, 0.15) is 53.4 Å². The highest BCUT2D eigenvalue weighted by Gasteiger charge is 2.34. The number of amides is 1. The van der Waals surface area contributed by atoms with E-state index in [-0.39, 0.29) is 5.91 Å². The third kappa shape index (κ3) is 4.77. The predicted octanol–water partition coefficient (Wildman–Crippen LogP) is 1.74. The van der Waals surface area contributed by atoms with Crippen molar-refractivity contribution in [3.05, 3.63) is 0 Å². The first-order valence-electron chi connectivity index (χ1n) is 7.68. The van der Waals surface area contributed by atoms with Crippen LogP contribution in [0.5, 0.6) is 0 Å². The van der Waals surface area contributed by atoms with Gasteiger partial charge in [0.15, 0.2) is 0 Å². The molecule has 0 aromatic heterocycles. The molecule has 1 amide bonds. The van der Waals surface area contributed by atoms with Crippen molar-refractivity contribution in [1.29, 1.82) is 0 Å². The summed E-state index contributed by atoms with van der Waals surface area (Å²) in [7, 11) is 0. The van der Waals surface area contributed by atoms with Crippen LogP contribution in [-0.2, 0) is 4.79 Å². The van der Waals surface area contributed by atoms with E-state index in [1.54, 1.807) is 0 Å². The molecule has 1 aliphatic heterocycles. The van der Waals surface area contributed by atoms with Crippen molar-refractivity contribution in [2.45, 2.75) is 65.0 Å². The lowest BCUT2D eigenvalue weighted by Crippen LogP contribution is -2.57. The average Bonchev–Trinajstić information content (AvgIpc) is 2.36. The zero-order valence-electron chi connectivity index (χ0n) is 13.0. The normalized spacial score (nSPS) is 25.8. The monoisotopic (exact) mass is 269 g/mol. The highest BCUT2D eigenvalue weighted by Crippen LogP contribution is 2.22. The number of hydrogen-bond acceptors (Lipinski definition) is 3. The summed E-state index contributed by atoms with van der Waals surface area (Å²) >= 11 is 0. The minimum absolute atomic E-state index is 0.238. The molecule has 1 saturated heterocycles. The van der Waals surface area contributed by atoms with E-state index in [0.29, 0.717) is 6.04 Å². The Morgan fingerprint density at radius 3 is 2.79 bits per heavy atom. The molecular weight excluding hydrogens is 238 g/mol. The van der Waals surface area contributed by atoms with Crippen molar-refractivity contribution < 1.29 is 4.79 Å². The molecule has 0 aromatic carbocycles. The Hall–Kier alpha value is -0.610. The first-order chi connectivity index (χ1) is 8.89. The highest BCUT2D eigenvalue weighted by molar-refractivity contribution is 5.84. The van der Waals surface area contributed by atoms with Crippen LogP contribution in [0.4, 0.5) is 0 Å². The van der Waals surface area contributed by atoms with Crippen LogP contribution < -0.4 is 11.1 Å². The molecule has 112 valence electrons. The summed E-state index contributed by atoms with van der Waals surface area (Å²) in [5.41, 5.74) is 5.01. The maximum atomic E-state index is 11.8. The number of nitrogens with two attached hydrogens (primary N) is 1. The molecule has 19 heavy (non-hydrogen) atoms. The molecule has 3 N–H and O–H groups in total. The average molecular weight is 269 g/mol. The molecule has 4 nitrogen and oxygen atoms in total. The van der Waals surface area contributed by atoms with Gasteiger partial charge in [0, 0.05) is 12.6 Å². The van der Waals surface area contributed by atoms with Gasteiger partial charge in [0.2, 0.25) is 5.91 Å². The van der Waals surface area contributed by atoms with E-state index >= 15 is 0 Å². The number of nitrogens with one attached hydrogen (secondary N) is 1. The summed E-state index contributed by atoms with van der Waals surface area (Å²) in [6.07, 6.45) is 4.39. The molecule has 0 aromatic rings. The van der Waals surface area contributed by atoms with Gasteiger partial charge in [-0.2, -0.15) is 0 Å². The second-order valence-electron chi connectivity index (χ2n) is 6.42. The van der Waals surface area contributed by atoms with Crippen molar-refractivity contribution in [2.24, 2.45) is 11.7 Å². The van der Waals surface area contributed by atoms with Crippen LogP contribution in [0.3, 0.4) is 0 Å². The molecule has 1 fully saturated rings. The molecule has 1 rings (SSSR count). The van der Waals surface area contributed by atoms with Gasteiger partial charge in [-0.25, -0.2) is 0 Å². The van der Waals surface area contributed by atoms with Crippen molar-refractivity contribution in [1.82, 2.24) is 10.2 Å². The maximum absolute atomic E-state index is 11.8. The molecule has 0 radical (unpaired) electrons. The summed E-state index contributed by atoms with van der Waals surface area (Å²) in [4.78, 5) is 14.3. The largest absolute Gasteiger partial charge is 0.368 e. The maximum Gasteiger partial charge on any atom is 0.237 e. The molecule has 3 atom stereocenters. The Labute approximate surface area is 118 Å². The van der Waals surface area contributed by atoms with E-state index in [4.69, 9.17) is 5.73 Å². The van der Waals surface area contributed by atoms with Gasteiger partial charge in [-0.3, -0.25) is 4.79 Å². The van der Waals surface area contributed by atoms with Gasteiger partial charge in [0.1, 0.15) is 0 Å². The fourth-order valence-electron chi connectivity index (χ4n) is 3.01. The highest BCUT2D eigenvalue weighted by atomic mass is 16.1. The van der Waals surface area contributed by atoms with Crippen LogP contribution >= 0.6 is 0 Å². The first kappa shape index (κ1) is 16.4. The molecule has 4 heteroatoms. The Bertz CT molecular complexity index is 295. The minimum atomic E-state index is -0.587. The zero-order chi connectivity index (χ0) is 14.5. The smallest absolute Gasteiger partial charge is 0.237 e. The van der Waals surface area contributed by atoms with E-state index in [1.807, 2.05) is 6.92 Å². The van der Waals surface area contributed by atoms with Crippen molar-refractivity contribution in [3.8, 4) is 0 Å². The number of hydrogen-bond donors (Lipinski definition) is 2. The summed E-state index contributed by atoms with van der Waals surface area (Å²) in [6, 6.07) is 0.393. The minimum Gasteiger partial charge on any atom is -0.368 e. The van der Waals surface area contributed by atoms with Gasteiger partial charge in [-0.05, 0) is 58.5 Å². The van der Waals surface area contributed by atoms with Gasteiger partial charge < -0.3 is 16.0 Å². The number of rotatable bonds is 7. The summed E-state index contributed by atoms with van der Waals surface area (Å²) in [5.74, 6) is 0.525. The fraction of sp³-hybridized carbons (Fsp3) is 0.933. The molecule has 0 aliphatic carbocycles. The lowest BCUT2D eigenvalue weighted by Gasteiger charge is -2.39. The molecule has 0 spiro atoms. The summed E-state index contributed by atoms with van der Waals surface area (Å²) in [6.45, 7) is 11.7. The SMILES string of the molecule is CCCNC(C)(CC(C)N1CCCC(C)C1)C(N)=O. The molecule has 1 heterocycles. The third-order valence-corrected chi connectivity index (χ3v) is 4.32. The van der Waals surface area contributed by atoms with Crippen molar-refractivity contribution in [2.75, 3.05) is 19.6 Å². The topological polar surface area (TPSA) is 58.4 Å². The number of piperidine rings is 1. The van der Waals surface area contributed by atoms with Gasteiger partial charge in [0.25, 0.3) is 0 Å². The van der Waals surface area contributed by atoms with Crippen LogP contribution in [0.15, 0.2) is 0 Å². The molecular formula is C15H31N3O. The van der Waals surface area contributed by atoms with Crippen LogP contribution in [0, 0.1) is 5.92 Å². The van der Waals surface area contributed by atoms with Gasteiger partial charge in [-0.1, -0.05) is 13.8 Å². The molecule has 0 saturated carbocycles. The van der Waals surface area contributed by atoms with E-state index in [0.717, 1.165) is 38.4 Å². The van der Waals surface area contributed by atoms with Gasteiger partial charge in [0.05, 0.1) is 5.54 Å². The molecule has 0 bridgehead atoms. The number of likely N-dealkylation sites (tertiary alicyclic amines) is 1. The standard InChI is InChI=1S/C15H31N3O/c1-5-8-17-15(4,14(16)19)10-13(3)18-9-6-7-12(2)11-18/h12-13,17H,5-11H2,1-4H3,(H2,16,19). The fourth-order valence-corrected chi connectivity index (χ4v) is 3.01. The second-order valence-corrected chi connectivity index (χ2v) is 6.42. The van der Waals surface area contributed by atoms with E-state index in [9.17, 15) is 4.79 Å². The number of primary amides is 1. The Morgan fingerprint density at radius 2 is 2.26 bits per heavy atom. The van der Waals surface area contributed by atoms with Crippen LogP contribution in [0.25, 0.3) is 0 Å². The quantitative estimate of drug-likeness (QED) is 0.740. The molecule has 1 aliphatic rings. The molecule has 3 unspecified atom stereocenters. The predicted molar refractivity (Wildman–Crippen MR) is 79.9 cm³/mol. The van der Waals surface area contributed by atoms with Crippen molar-refractivity contribution in [3.63, 3.8) is 0 Å². The van der Waals surface area contributed by atoms with Crippen LogP contribution in [-0.4, -0.2) is 42.0 Å². The van der Waals surface area contributed by atoms with E-state index < -0.39 is 5.54 Å². The second kappa shape index (κ2) is 7.25. The van der Waals surface area contributed by atoms with E-state index in [2.05, 4.69) is 31.0 Å². The van der Waals surface area contributed by atoms with Gasteiger partial charge >= 0.3 is 0 Å². The number of carbonyl (C=O) groups is 1. The Balaban J connectivity index is 2.59. The summed E-state index contributed by atoms with van der Waals surface area (Å²) in [5, 5.41) is 3.33. The zero-order valence-corrected chi connectivity index (χ0v) is 13.0. The third-order valence-electron chi connectivity index (χ3n) is 4.32. The summed E-state index contributed by atoms with van der Waals surface area (Å²) < 4.78 is 0. The first-order valence-corrected chi connectivity index (χ1v) is 7.68. The van der Waals surface area contributed by atoms with Crippen molar-refractivity contribution >= 4 is 5.91 Å². The Kier molecular flexibility index (Phi) is 6.27. The lowest BCUT2D eigenvalue weighted by atomic mass is 9.90. The Morgan fingerprint density at radius 1 is 1.58 bits per heavy atom. The lowest BCUT2D eigenvalue weighted by molar-refractivity contribution is -0.124. The van der Waals surface area contributed by atoms with E-state index in [1.165, 1.54) is 12.8 Å².